The van der Waals surface area contributed by atoms with Crippen LogP contribution in [-0.2, 0) is 9.53 Å². The molecule has 3 N–H and O–H groups in total. The Morgan fingerprint density at radius 2 is 2.06 bits per heavy atom. The van der Waals surface area contributed by atoms with E-state index >= 15 is 0 Å². The lowest BCUT2D eigenvalue weighted by Gasteiger charge is -2.17. The van der Waals surface area contributed by atoms with Crippen LogP contribution in [0.2, 0.25) is 0 Å². The Kier molecular flexibility index (Phi) is 6.18. The summed E-state index contributed by atoms with van der Waals surface area (Å²) in [7, 11) is 1.53. The zero-order valence-electron chi connectivity index (χ0n) is 11.0. The topological polar surface area (TPSA) is 64.3 Å². The van der Waals surface area contributed by atoms with Gasteiger partial charge in [0.15, 0.2) is 0 Å². The van der Waals surface area contributed by atoms with Crippen LogP contribution in [0, 0.1) is 0 Å². The fourth-order valence-electron chi connectivity index (χ4n) is 1.55. The molecule has 0 aliphatic rings. The van der Waals surface area contributed by atoms with Gasteiger partial charge in [-0.1, -0.05) is 12.1 Å². The van der Waals surface area contributed by atoms with E-state index in [0.29, 0.717) is 0 Å². The van der Waals surface area contributed by atoms with Crippen molar-refractivity contribution < 1.29 is 9.53 Å². The second-order valence-corrected chi connectivity index (χ2v) is 4.94. The first-order chi connectivity index (χ1) is 8.58. The summed E-state index contributed by atoms with van der Waals surface area (Å²) in [5.74, 6) is -0.196. The Morgan fingerprint density at radius 1 is 1.44 bits per heavy atom. The Labute approximate surface area is 112 Å². The summed E-state index contributed by atoms with van der Waals surface area (Å²) in [4.78, 5) is 12.9. The van der Waals surface area contributed by atoms with Gasteiger partial charge in [-0.15, -0.1) is 11.8 Å². The number of amides is 1. The van der Waals surface area contributed by atoms with Gasteiger partial charge < -0.3 is 15.8 Å². The number of nitrogens with one attached hydrogen (secondary N) is 1. The molecule has 0 radical (unpaired) electrons. The van der Waals surface area contributed by atoms with Crippen LogP contribution in [0.25, 0.3) is 0 Å². The molecule has 4 nitrogen and oxygen atoms in total. The fourth-order valence-corrected chi connectivity index (χ4v) is 1.96. The molecule has 18 heavy (non-hydrogen) atoms. The van der Waals surface area contributed by atoms with Crippen LogP contribution in [0.3, 0.4) is 0 Å². The van der Waals surface area contributed by atoms with Crippen molar-refractivity contribution in [3.8, 4) is 0 Å². The lowest BCUT2D eigenvalue weighted by molar-refractivity contribution is -0.124. The van der Waals surface area contributed by atoms with Gasteiger partial charge in [-0.2, -0.15) is 0 Å². The average molecular weight is 268 g/mol. The molecule has 1 rings (SSSR count). The first-order valence-corrected chi connectivity index (χ1v) is 6.99. The first-order valence-electron chi connectivity index (χ1n) is 5.77. The van der Waals surface area contributed by atoms with Gasteiger partial charge in [-0.3, -0.25) is 4.79 Å². The third kappa shape index (κ3) is 4.33. The molecule has 0 fully saturated rings. The van der Waals surface area contributed by atoms with Gasteiger partial charge in [0.05, 0.1) is 12.6 Å². The van der Waals surface area contributed by atoms with Crippen LogP contribution in [0.4, 0.5) is 0 Å². The van der Waals surface area contributed by atoms with E-state index in [1.54, 1.807) is 11.8 Å². The lowest BCUT2D eigenvalue weighted by atomic mass is 10.1. The molecular formula is C13H20N2O2S. The number of methoxy groups -OCH3 is 1. The number of ether oxygens (including phenoxy) is 1. The maximum absolute atomic E-state index is 11.7. The summed E-state index contributed by atoms with van der Waals surface area (Å²) in [6.45, 7) is 2.16. The van der Waals surface area contributed by atoms with Crippen molar-refractivity contribution >= 4 is 17.7 Å². The quantitative estimate of drug-likeness (QED) is 0.769. The number of benzene rings is 1. The van der Waals surface area contributed by atoms with Gasteiger partial charge in [0.2, 0.25) is 5.91 Å². The van der Waals surface area contributed by atoms with Gasteiger partial charge in [0, 0.05) is 12.0 Å². The lowest BCUT2D eigenvalue weighted by Crippen LogP contribution is -2.44. The summed E-state index contributed by atoms with van der Waals surface area (Å²) in [6, 6.07) is 7.42. The van der Waals surface area contributed by atoms with Gasteiger partial charge in [0.25, 0.3) is 0 Å². The van der Waals surface area contributed by atoms with Crippen molar-refractivity contribution in [2.75, 3.05) is 20.0 Å². The normalized spacial score (nSPS) is 14.0. The monoisotopic (exact) mass is 268 g/mol. The minimum Gasteiger partial charge on any atom is -0.383 e. The van der Waals surface area contributed by atoms with Gasteiger partial charge >= 0.3 is 0 Å². The smallest absolute Gasteiger partial charge is 0.239 e. The molecule has 0 bridgehead atoms. The van der Waals surface area contributed by atoms with Crippen LogP contribution in [0.5, 0.6) is 0 Å². The molecule has 1 aromatic carbocycles. The van der Waals surface area contributed by atoms with Crippen molar-refractivity contribution in [1.29, 1.82) is 0 Å². The van der Waals surface area contributed by atoms with E-state index in [1.807, 2.05) is 37.4 Å². The number of thioether (sulfide) groups is 1. The zero-order valence-corrected chi connectivity index (χ0v) is 11.8. The van der Waals surface area contributed by atoms with Gasteiger partial charge in [-0.05, 0) is 30.9 Å². The number of carbonyl (C=O) groups is 1. The van der Waals surface area contributed by atoms with Crippen molar-refractivity contribution in [2.45, 2.75) is 23.9 Å². The summed E-state index contributed by atoms with van der Waals surface area (Å²) in [5, 5.41) is 2.87. The zero-order chi connectivity index (χ0) is 13.5. The standard InChI is InChI=1S/C13H20N2O2S/c1-9(15-13(16)12(14)8-17-2)10-4-6-11(18-3)7-5-10/h4-7,9,12H,8,14H2,1-3H3,(H,15,16). The third-order valence-electron chi connectivity index (χ3n) is 2.66. The molecule has 0 heterocycles. The van der Waals surface area contributed by atoms with E-state index in [9.17, 15) is 4.79 Å². The summed E-state index contributed by atoms with van der Waals surface area (Å²) < 4.78 is 4.85. The average Bonchev–Trinajstić information content (AvgIpc) is 2.39. The largest absolute Gasteiger partial charge is 0.383 e. The van der Waals surface area contributed by atoms with E-state index in [4.69, 9.17) is 10.5 Å². The minimum absolute atomic E-state index is 0.0590. The maximum Gasteiger partial charge on any atom is 0.239 e. The van der Waals surface area contributed by atoms with Crippen LogP contribution >= 0.6 is 11.8 Å². The molecule has 1 amide bonds. The molecule has 0 saturated heterocycles. The van der Waals surface area contributed by atoms with Crippen LogP contribution in [0.15, 0.2) is 29.2 Å². The number of hydrogen-bond donors (Lipinski definition) is 2. The Bertz CT molecular complexity index is 381. The van der Waals surface area contributed by atoms with Crippen LogP contribution in [0.1, 0.15) is 18.5 Å². The molecule has 2 unspecified atom stereocenters. The third-order valence-corrected chi connectivity index (χ3v) is 3.40. The van der Waals surface area contributed by atoms with E-state index in [1.165, 1.54) is 12.0 Å². The Balaban J connectivity index is 2.58. The van der Waals surface area contributed by atoms with E-state index in [0.717, 1.165) is 5.56 Å². The molecule has 0 spiro atoms. The SMILES string of the molecule is COCC(N)C(=O)NC(C)c1ccc(SC)cc1. The van der Waals surface area contributed by atoms with Gasteiger partial charge in [0.1, 0.15) is 6.04 Å². The fraction of sp³-hybridized carbons (Fsp3) is 0.462. The number of hydrogen-bond acceptors (Lipinski definition) is 4. The summed E-state index contributed by atoms with van der Waals surface area (Å²) in [6.07, 6.45) is 2.03. The van der Waals surface area contributed by atoms with E-state index in [-0.39, 0.29) is 18.6 Å². The molecule has 5 heteroatoms. The molecule has 1 aromatic rings. The Hall–Kier alpha value is -1.04. The molecule has 0 aromatic heterocycles. The molecular weight excluding hydrogens is 248 g/mol. The molecule has 0 aliphatic carbocycles. The predicted molar refractivity (Wildman–Crippen MR) is 74.6 cm³/mol. The molecule has 2 atom stereocenters. The first kappa shape index (κ1) is 15.0. The second-order valence-electron chi connectivity index (χ2n) is 4.07. The predicted octanol–water partition coefficient (Wildman–Crippen LogP) is 1.56. The van der Waals surface area contributed by atoms with E-state index < -0.39 is 6.04 Å². The van der Waals surface area contributed by atoms with E-state index in [2.05, 4.69) is 5.32 Å². The molecule has 100 valence electrons. The highest BCUT2D eigenvalue weighted by atomic mass is 32.2. The second kappa shape index (κ2) is 7.41. The highest BCUT2D eigenvalue weighted by Crippen LogP contribution is 2.18. The number of rotatable bonds is 6. The minimum atomic E-state index is -0.622. The number of nitrogens with two attached hydrogens (primary N) is 1. The Morgan fingerprint density at radius 3 is 2.56 bits per heavy atom. The molecule has 0 aliphatic heterocycles. The molecule has 0 saturated carbocycles. The maximum atomic E-state index is 11.7. The highest BCUT2D eigenvalue weighted by Gasteiger charge is 2.16. The highest BCUT2D eigenvalue weighted by molar-refractivity contribution is 7.98. The van der Waals surface area contributed by atoms with Crippen molar-refractivity contribution in [1.82, 2.24) is 5.32 Å². The van der Waals surface area contributed by atoms with Crippen LogP contribution in [-0.4, -0.2) is 31.9 Å². The summed E-state index contributed by atoms with van der Waals surface area (Å²) in [5.41, 5.74) is 6.72. The number of carbonyl (C=O) groups excluding carboxylic acids is 1. The summed E-state index contributed by atoms with van der Waals surface area (Å²) >= 11 is 1.69. The van der Waals surface area contributed by atoms with Crippen molar-refractivity contribution in [3.63, 3.8) is 0 Å². The van der Waals surface area contributed by atoms with Gasteiger partial charge in [-0.25, -0.2) is 0 Å². The van der Waals surface area contributed by atoms with Crippen LogP contribution < -0.4 is 11.1 Å². The van der Waals surface area contributed by atoms with Crippen molar-refractivity contribution in [2.24, 2.45) is 5.73 Å². The van der Waals surface area contributed by atoms with Crippen molar-refractivity contribution in [3.05, 3.63) is 29.8 Å².